The lowest BCUT2D eigenvalue weighted by Gasteiger charge is -2.13. The summed E-state index contributed by atoms with van der Waals surface area (Å²) in [6.07, 6.45) is 0. The molecule has 8 heteroatoms. The van der Waals surface area contributed by atoms with Crippen molar-refractivity contribution >= 4 is 33.2 Å². The predicted molar refractivity (Wildman–Crippen MR) is 107 cm³/mol. The summed E-state index contributed by atoms with van der Waals surface area (Å²) in [5.74, 6) is -0.105. The molecule has 0 saturated carbocycles. The van der Waals surface area contributed by atoms with Gasteiger partial charge in [0.2, 0.25) is 10.0 Å². The van der Waals surface area contributed by atoms with Gasteiger partial charge < -0.3 is 10.1 Å². The molecule has 1 amide bonds. The number of hydrogen-bond acceptors (Lipinski definition) is 4. The van der Waals surface area contributed by atoms with Gasteiger partial charge in [0.15, 0.2) is 6.61 Å². The standard InChI is InChI=1S/C19H23ClN2O4S/c1-12(2)22-27(24,25)15-6-8-18(16(20)10-15)26-11-19(23)21-17-7-5-13(3)9-14(17)4/h5-10,12,22H,11H2,1-4H3,(H,21,23). The first kappa shape index (κ1) is 21.2. The Bertz CT molecular complexity index is 943. The molecule has 2 N–H and O–H groups in total. The van der Waals surface area contributed by atoms with Crippen LogP contribution in [0.15, 0.2) is 41.3 Å². The number of sulfonamides is 1. The van der Waals surface area contributed by atoms with Gasteiger partial charge in [0, 0.05) is 11.7 Å². The third kappa shape index (κ3) is 5.95. The van der Waals surface area contributed by atoms with Crippen molar-refractivity contribution in [1.29, 1.82) is 0 Å². The molecule has 2 rings (SSSR count). The summed E-state index contributed by atoms with van der Waals surface area (Å²) in [5, 5.41) is 2.88. The molecule has 0 aliphatic carbocycles. The molecule has 0 fully saturated rings. The minimum Gasteiger partial charge on any atom is -0.482 e. The van der Waals surface area contributed by atoms with E-state index in [-0.39, 0.29) is 34.2 Å². The second-order valence-electron chi connectivity index (χ2n) is 6.52. The van der Waals surface area contributed by atoms with E-state index in [4.69, 9.17) is 16.3 Å². The van der Waals surface area contributed by atoms with E-state index >= 15 is 0 Å². The number of rotatable bonds is 7. The quantitative estimate of drug-likeness (QED) is 0.729. The molecular weight excluding hydrogens is 388 g/mol. The third-order valence-electron chi connectivity index (χ3n) is 3.62. The van der Waals surface area contributed by atoms with Crippen LogP contribution in [0.5, 0.6) is 5.75 Å². The molecule has 0 aliphatic rings. The maximum absolute atomic E-state index is 12.2. The van der Waals surface area contributed by atoms with Crippen LogP contribution in [0.1, 0.15) is 25.0 Å². The number of nitrogens with one attached hydrogen (secondary N) is 2. The van der Waals surface area contributed by atoms with Crippen LogP contribution < -0.4 is 14.8 Å². The Balaban J connectivity index is 2.02. The highest BCUT2D eigenvalue weighted by Crippen LogP contribution is 2.27. The molecule has 0 spiro atoms. The van der Waals surface area contributed by atoms with Gasteiger partial charge in [-0.2, -0.15) is 0 Å². The van der Waals surface area contributed by atoms with Crippen LogP contribution in [0, 0.1) is 13.8 Å². The lowest BCUT2D eigenvalue weighted by Crippen LogP contribution is -2.30. The van der Waals surface area contributed by atoms with Crippen molar-refractivity contribution < 1.29 is 17.9 Å². The summed E-state index contributed by atoms with van der Waals surface area (Å²) in [6, 6.07) is 9.58. The van der Waals surface area contributed by atoms with E-state index in [2.05, 4.69) is 10.0 Å². The van der Waals surface area contributed by atoms with Crippen molar-refractivity contribution in [2.75, 3.05) is 11.9 Å². The monoisotopic (exact) mass is 410 g/mol. The first-order valence-corrected chi connectivity index (χ1v) is 10.3. The van der Waals surface area contributed by atoms with Crippen LogP contribution >= 0.6 is 11.6 Å². The molecule has 0 bridgehead atoms. The van der Waals surface area contributed by atoms with Gasteiger partial charge in [-0.1, -0.05) is 29.3 Å². The Morgan fingerprint density at radius 2 is 1.85 bits per heavy atom. The Morgan fingerprint density at radius 3 is 2.44 bits per heavy atom. The lowest BCUT2D eigenvalue weighted by molar-refractivity contribution is -0.118. The zero-order valence-corrected chi connectivity index (χ0v) is 17.2. The molecule has 146 valence electrons. The number of hydrogen-bond donors (Lipinski definition) is 2. The fourth-order valence-corrected chi connectivity index (χ4v) is 4.00. The van der Waals surface area contributed by atoms with E-state index in [1.54, 1.807) is 13.8 Å². The van der Waals surface area contributed by atoms with Crippen molar-refractivity contribution in [3.63, 3.8) is 0 Å². The van der Waals surface area contributed by atoms with Crippen molar-refractivity contribution in [1.82, 2.24) is 4.72 Å². The molecule has 0 saturated heterocycles. The van der Waals surface area contributed by atoms with Gasteiger partial charge in [0.25, 0.3) is 5.91 Å². The van der Waals surface area contributed by atoms with Gasteiger partial charge in [-0.15, -0.1) is 0 Å². The Labute approximate surface area is 164 Å². The first-order chi connectivity index (χ1) is 12.6. The summed E-state index contributed by atoms with van der Waals surface area (Å²) in [4.78, 5) is 12.1. The van der Waals surface area contributed by atoms with Gasteiger partial charge in [-0.3, -0.25) is 4.79 Å². The summed E-state index contributed by atoms with van der Waals surface area (Å²) in [6.45, 7) is 7.09. The number of aryl methyl sites for hydroxylation is 2. The summed E-state index contributed by atoms with van der Waals surface area (Å²) < 4.78 is 32.2. The number of benzene rings is 2. The smallest absolute Gasteiger partial charge is 0.262 e. The lowest BCUT2D eigenvalue weighted by atomic mass is 10.1. The maximum atomic E-state index is 12.2. The van der Waals surface area contributed by atoms with E-state index in [0.29, 0.717) is 5.69 Å². The SMILES string of the molecule is Cc1ccc(NC(=O)COc2ccc(S(=O)(=O)NC(C)C)cc2Cl)c(C)c1. The predicted octanol–water partition coefficient (Wildman–Crippen LogP) is 3.66. The minimum atomic E-state index is -3.65. The number of ether oxygens (including phenoxy) is 1. The second kappa shape index (κ2) is 8.73. The molecule has 2 aromatic carbocycles. The second-order valence-corrected chi connectivity index (χ2v) is 8.64. The normalized spacial score (nSPS) is 11.5. The van der Waals surface area contributed by atoms with E-state index in [9.17, 15) is 13.2 Å². The molecule has 0 aromatic heterocycles. The van der Waals surface area contributed by atoms with Crippen LogP contribution in [0.3, 0.4) is 0 Å². The van der Waals surface area contributed by atoms with E-state index < -0.39 is 10.0 Å². The number of anilines is 1. The number of carbonyl (C=O) groups is 1. The van der Waals surface area contributed by atoms with Crippen LogP contribution in [0.4, 0.5) is 5.69 Å². The Hall–Kier alpha value is -2.09. The number of carbonyl (C=O) groups excluding carboxylic acids is 1. The van der Waals surface area contributed by atoms with Gasteiger partial charge in [-0.25, -0.2) is 13.1 Å². The Morgan fingerprint density at radius 1 is 1.15 bits per heavy atom. The van der Waals surface area contributed by atoms with Crippen LogP contribution in [-0.4, -0.2) is 27.0 Å². The van der Waals surface area contributed by atoms with Gasteiger partial charge >= 0.3 is 0 Å². The topological polar surface area (TPSA) is 84.5 Å². The fourth-order valence-electron chi connectivity index (χ4n) is 2.43. The highest BCUT2D eigenvalue weighted by atomic mass is 35.5. The van der Waals surface area contributed by atoms with Crippen molar-refractivity contribution in [3.05, 3.63) is 52.5 Å². The molecule has 2 aromatic rings. The largest absolute Gasteiger partial charge is 0.482 e. The van der Waals surface area contributed by atoms with Crippen molar-refractivity contribution in [3.8, 4) is 5.75 Å². The zero-order valence-electron chi connectivity index (χ0n) is 15.7. The van der Waals surface area contributed by atoms with Crippen molar-refractivity contribution in [2.24, 2.45) is 0 Å². The third-order valence-corrected chi connectivity index (χ3v) is 5.57. The molecule has 0 atom stereocenters. The van der Waals surface area contributed by atoms with Crippen LogP contribution in [-0.2, 0) is 14.8 Å². The molecular formula is C19H23ClN2O4S. The molecule has 27 heavy (non-hydrogen) atoms. The van der Waals surface area contributed by atoms with Crippen molar-refractivity contribution in [2.45, 2.75) is 38.6 Å². The molecule has 0 aliphatic heterocycles. The van der Waals surface area contributed by atoms with Crippen LogP contribution in [0.2, 0.25) is 5.02 Å². The van der Waals surface area contributed by atoms with E-state index in [1.165, 1.54) is 18.2 Å². The maximum Gasteiger partial charge on any atom is 0.262 e. The zero-order chi connectivity index (χ0) is 20.2. The number of halogens is 1. The van der Waals surface area contributed by atoms with E-state index in [0.717, 1.165) is 11.1 Å². The summed E-state index contributed by atoms with van der Waals surface area (Å²) in [5.41, 5.74) is 2.77. The highest BCUT2D eigenvalue weighted by molar-refractivity contribution is 7.89. The summed E-state index contributed by atoms with van der Waals surface area (Å²) >= 11 is 6.11. The molecule has 6 nitrogen and oxygen atoms in total. The number of amides is 1. The first-order valence-electron chi connectivity index (χ1n) is 8.40. The van der Waals surface area contributed by atoms with Gasteiger partial charge in [0.05, 0.1) is 9.92 Å². The molecule has 0 radical (unpaired) electrons. The average Bonchev–Trinajstić information content (AvgIpc) is 2.55. The fraction of sp³-hybridized carbons (Fsp3) is 0.316. The molecule has 0 unspecified atom stereocenters. The van der Waals surface area contributed by atoms with Crippen LogP contribution in [0.25, 0.3) is 0 Å². The highest BCUT2D eigenvalue weighted by Gasteiger charge is 2.17. The van der Waals surface area contributed by atoms with E-state index in [1.807, 2.05) is 32.0 Å². The average molecular weight is 411 g/mol. The Kier molecular flexibility index (Phi) is 6.86. The van der Waals surface area contributed by atoms with Gasteiger partial charge in [-0.05, 0) is 57.5 Å². The minimum absolute atomic E-state index is 0.0354. The summed E-state index contributed by atoms with van der Waals surface area (Å²) in [7, 11) is -3.65. The molecule has 0 heterocycles. The van der Waals surface area contributed by atoms with Gasteiger partial charge in [0.1, 0.15) is 5.75 Å².